The molecule has 0 bridgehead atoms. The van der Waals surface area contributed by atoms with Crippen molar-refractivity contribution < 1.29 is 9.53 Å². The summed E-state index contributed by atoms with van der Waals surface area (Å²) in [5.41, 5.74) is 0.360. The van der Waals surface area contributed by atoms with Crippen LogP contribution in [0.5, 0.6) is 5.75 Å². The second-order valence-electron chi connectivity index (χ2n) is 5.57. The molecule has 0 saturated carbocycles. The summed E-state index contributed by atoms with van der Waals surface area (Å²) in [5, 5.41) is 6.36. The molecule has 2 rings (SSSR count). The van der Waals surface area contributed by atoms with Crippen LogP contribution in [0.4, 0.5) is 0 Å². The minimum atomic E-state index is -0.165. The Morgan fingerprint density at radius 1 is 1.55 bits per heavy atom. The Balaban J connectivity index is 2.08. The highest BCUT2D eigenvalue weighted by atomic mass is 16.5. The van der Waals surface area contributed by atoms with Crippen molar-refractivity contribution in [2.75, 3.05) is 13.1 Å². The normalized spacial score (nSPS) is 22.6. The largest absolute Gasteiger partial charge is 0.489 e. The third kappa shape index (κ3) is 3.70. The number of rotatable bonds is 4. The van der Waals surface area contributed by atoms with E-state index in [0.717, 1.165) is 19.5 Å². The summed E-state index contributed by atoms with van der Waals surface area (Å²) < 4.78 is 5.64. The van der Waals surface area contributed by atoms with Crippen LogP contribution in [0.3, 0.4) is 0 Å². The van der Waals surface area contributed by atoms with Crippen molar-refractivity contribution in [3.8, 4) is 5.75 Å². The molecule has 1 amide bonds. The topological polar surface area (TPSA) is 63.2 Å². The van der Waals surface area contributed by atoms with Gasteiger partial charge in [-0.2, -0.15) is 0 Å². The monoisotopic (exact) mass is 277 g/mol. The number of hydrogen-bond donors (Lipinski definition) is 2. The van der Waals surface area contributed by atoms with Crippen molar-refractivity contribution in [3.05, 3.63) is 24.0 Å². The summed E-state index contributed by atoms with van der Waals surface area (Å²) in [6, 6.07) is 3.70. The zero-order valence-corrected chi connectivity index (χ0v) is 12.3. The van der Waals surface area contributed by atoms with E-state index in [2.05, 4.69) is 22.5 Å². The minimum Gasteiger partial charge on any atom is -0.489 e. The Morgan fingerprint density at radius 2 is 2.35 bits per heavy atom. The van der Waals surface area contributed by atoms with Crippen LogP contribution in [0.1, 0.15) is 37.7 Å². The van der Waals surface area contributed by atoms with Gasteiger partial charge in [0, 0.05) is 18.8 Å². The van der Waals surface area contributed by atoms with Gasteiger partial charge in [-0.1, -0.05) is 6.92 Å². The second kappa shape index (κ2) is 6.70. The molecule has 0 aliphatic carbocycles. The number of amides is 1. The van der Waals surface area contributed by atoms with Crippen molar-refractivity contribution in [1.82, 2.24) is 15.6 Å². The number of carbonyl (C=O) groups is 1. The van der Waals surface area contributed by atoms with Crippen LogP contribution >= 0.6 is 0 Å². The lowest BCUT2D eigenvalue weighted by Crippen LogP contribution is -2.50. The molecule has 1 aliphatic rings. The van der Waals surface area contributed by atoms with Gasteiger partial charge in [-0.3, -0.25) is 4.79 Å². The maximum Gasteiger partial charge on any atom is 0.274 e. The molecule has 1 aromatic heterocycles. The maximum atomic E-state index is 12.4. The molecule has 1 aliphatic heterocycles. The number of piperidine rings is 1. The van der Waals surface area contributed by atoms with Crippen molar-refractivity contribution in [1.29, 1.82) is 0 Å². The summed E-state index contributed by atoms with van der Waals surface area (Å²) in [5.74, 6) is 0.844. The fraction of sp³-hybridized carbons (Fsp3) is 0.600. The molecule has 1 fully saturated rings. The summed E-state index contributed by atoms with van der Waals surface area (Å²) in [6.45, 7) is 7.85. The van der Waals surface area contributed by atoms with Crippen LogP contribution in [0.25, 0.3) is 0 Å². The number of carbonyl (C=O) groups excluding carboxylic acids is 1. The van der Waals surface area contributed by atoms with Crippen LogP contribution < -0.4 is 15.4 Å². The lowest BCUT2D eigenvalue weighted by Gasteiger charge is -2.30. The van der Waals surface area contributed by atoms with E-state index in [9.17, 15) is 4.79 Å². The quantitative estimate of drug-likeness (QED) is 0.877. The average molecular weight is 277 g/mol. The molecular weight excluding hydrogens is 254 g/mol. The Labute approximate surface area is 120 Å². The molecule has 2 unspecified atom stereocenters. The number of nitrogens with zero attached hydrogens (tertiary/aromatic N) is 1. The van der Waals surface area contributed by atoms with Crippen LogP contribution in [0.2, 0.25) is 0 Å². The van der Waals surface area contributed by atoms with E-state index in [1.165, 1.54) is 0 Å². The zero-order valence-electron chi connectivity index (χ0n) is 12.3. The van der Waals surface area contributed by atoms with E-state index in [1.807, 2.05) is 13.8 Å². The van der Waals surface area contributed by atoms with Gasteiger partial charge < -0.3 is 15.4 Å². The minimum absolute atomic E-state index is 0.0148. The number of pyridine rings is 1. The van der Waals surface area contributed by atoms with Crippen molar-refractivity contribution in [2.45, 2.75) is 39.3 Å². The van der Waals surface area contributed by atoms with Gasteiger partial charge >= 0.3 is 0 Å². The van der Waals surface area contributed by atoms with Gasteiger partial charge in [0.15, 0.2) is 11.4 Å². The summed E-state index contributed by atoms with van der Waals surface area (Å²) in [6.07, 6.45) is 2.70. The fourth-order valence-electron chi connectivity index (χ4n) is 2.33. The van der Waals surface area contributed by atoms with Gasteiger partial charge in [0.05, 0.1) is 6.10 Å². The van der Waals surface area contributed by atoms with E-state index in [-0.39, 0.29) is 18.1 Å². The molecule has 2 N–H and O–H groups in total. The first kappa shape index (κ1) is 14.8. The molecule has 0 aromatic carbocycles. The third-order valence-corrected chi connectivity index (χ3v) is 3.49. The molecule has 5 heteroatoms. The molecule has 2 heterocycles. The fourth-order valence-corrected chi connectivity index (χ4v) is 2.33. The molecule has 5 nitrogen and oxygen atoms in total. The SMILES string of the molecule is CC(C)Oc1cccnc1C(=O)NC1CNCCC1C. The number of aromatic nitrogens is 1. The molecule has 20 heavy (non-hydrogen) atoms. The first-order valence-corrected chi connectivity index (χ1v) is 7.21. The average Bonchev–Trinajstić information content (AvgIpc) is 2.41. The smallest absolute Gasteiger partial charge is 0.274 e. The number of nitrogens with one attached hydrogen (secondary N) is 2. The molecule has 1 aromatic rings. The molecule has 1 saturated heterocycles. The van der Waals surface area contributed by atoms with Crippen LogP contribution in [0, 0.1) is 5.92 Å². The van der Waals surface area contributed by atoms with E-state index in [0.29, 0.717) is 17.4 Å². The van der Waals surface area contributed by atoms with Gasteiger partial charge in [-0.05, 0) is 44.9 Å². The van der Waals surface area contributed by atoms with Crippen LogP contribution in [-0.4, -0.2) is 36.1 Å². The van der Waals surface area contributed by atoms with Gasteiger partial charge in [-0.15, -0.1) is 0 Å². The van der Waals surface area contributed by atoms with Crippen molar-refractivity contribution in [2.24, 2.45) is 5.92 Å². The highest BCUT2D eigenvalue weighted by Gasteiger charge is 2.25. The number of ether oxygens (including phenoxy) is 1. The molecule has 0 spiro atoms. The van der Waals surface area contributed by atoms with Gasteiger partial charge in [0.2, 0.25) is 0 Å². The van der Waals surface area contributed by atoms with Gasteiger partial charge in [-0.25, -0.2) is 4.98 Å². The predicted octanol–water partition coefficient (Wildman–Crippen LogP) is 1.60. The summed E-state index contributed by atoms with van der Waals surface area (Å²) in [7, 11) is 0. The highest BCUT2D eigenvalue weighted by molar-refractivity contribution is 5.95. The summed E-state index contributed by atoms with van der Waals surface area (Å²) >= 11 is 0. The maximum absolute atomic E-state index is 12.4. The van der Waals surface area contributed by atoms with Gasteiger partial charge in [0.1, 0.15) is 0 Å². The molecule has 2 atom stereocenters. The number of hydrogen-bond acceptors (Lipinski definition) is 4. The van der Waals surface area contributed by atoms with E-state index in [4.69, 9.17) is 4.74 Å². The van der Waals surface area contributed by atoms with E-state index in [1.54, 1.807) is 18.3 Å². The van der Waals surface area contributed by atoms with Crippen molar-refractivity contribution >= 4 is 5.91 Å². The zero-order chi connectivity index (χ0) is 14.5. The second-order valence-corrected chi connectivity index (χ2v) is 5.57. The predicted molar refractivity (Wildman–Crippen MR) is 77.9 cm³/mol. The van der Waals surface area contributed by atoms with E-state index >= 15 is 0 Å². The lowest BCUT2D eigenvalue weighted by atomic mass is 9.95. The Bertz CT molecular complexity index is 462. The Kier molecular flexibility index (Phi) is 4.95. The van der Waals surface area contributed by atoms with Crippen LogP contribution in [-0.2, 0) is 0 Å². The standard InChI is InChI=1S/C15H23N3O2/c1-10(2)20-13-5-4-7-17-14(13)15(19)18-12-9-16-8-6-11(12)3/h4-5,7,10-12,16H,6,8-9H2,1-3H3,(H,18,19). The molecule has 110 valence electrons. The van der Waals surface area contributed by atoms with Gasteiger partial charge in [0.25, 0.3) is 5.91 Å². The lowest BCUT2D eigenvalue weighted by molar-refractivity contribution is 0.0903. The summed E-state index contributed by atoms with van der Waals surface area (Å²) in [4.78, 5) is 16.5. The third-order valence-electron chi connectivity index (χ3n) is 3.49. The van der Waals surface area contributed by atoms with Crippen LogP contribution in [0.15, 0.2) is 18.3 Å². The first-order valence-electron chi connectivity index (χ1n) is 7.21. The van der Waals surface area contributed by atoms with E-state index < -0.39 is 0 Å². The molecular formula is C15H23N3O2. The van der Waals surface area contributed by atoms with Crippen molar-refractivity contribution in [3.63, 3.8) is 0 Å². The molecule has 0 radical (unpaired) electrons. The Morgan fingerprint density at radius 3 is 3.05 bits per heavy atom. The highest BCUT2D eigenvalue weighted by Crippen LogP contribution is 2.18. The first-order chi connectivity index (χ1) is 9.58. The Hall–Kier alpha value is -1.62.